The number of phenols is 1. The van der Waals surface area contributed by atoms with Gasteiger partial charge in [-0.25, -0.2) is 0 Å². The highest BCUT2D eigenvalue weighted by atomic mass is 16.3. The number of hydrogen-bond acceptors (Lipinski definition) is 2. The van der Waals surface area contributed by atoms with Crippen molar-refractivity contribution in [1.82, 2.24) is 0 Å². The molecule has 0 atom stereocenters. The Hall–Kier alpha value is -2.29. The maximum atomic E-state index is 12.3. The second kappa shape index (κ2) is 4.92. The van der Waals surface area contributed by atoms with Gasteiger partial charge in [0.1, 0.15) is 5.75 Å². The number of carbonyl (C=O) groups is 1. The molecule has 0 aliphatic carbocycles. The van der Waals surface area contributed by atoms with E-state index in [-0.39, 0.29) is 11.7 Å². The summed E-state index contributed by atoms with van der Waals surface area (Å²) >= 11 is 0. The summed E-state index contributed by atoms with van der Waals surface area (Å²) in [6.45, 7) is 1.77. The highest BCUT2D eigenvalue weighted by molar-refractivity contribution is 6.07. The van der Waals surface area contributed by atoms with Gasteiger partial charge in [-0.2, -0.15) is 0 Å². The van der Waals surface area contributed by atoms with Crippen LogP contribution < -0.4 is 4.90 Å². The molecule has 0 saturated carbocycles. The lowest BCUT2D eigenvalue weighted by molar-refractivity contribution is 0.0990. The van der Waals surface area contributed by atoms with Crippen molar-refractivity contribution in [3.8, 4) is 5.75 Å². The fourth-order valence-corrected chi connectivity index (χ4v) is 1.78. The molecule has 2 rings (SSSR count). The van der Waals surface area contributed by atoms with Crippen LogP contribution in [0.2, 0.25) is 0 Å². The van der Waals surface area contributed by atoms with Gasteiger partial charge >= 0.3 is 0 Å². The Morgan fingerprint density at radius 2 is 1.72 bits per heavy atom. The average molecular weight is 241 g/mol. The van der Waals surface area contributed by atoms with E-state index < -0.39 is 0 Å². The summed E-state index contributed by atoms with van der Waals surface area (Å²) in [5.74, 6) is -0.173. The normalized spacial score (nSPS) is 10.1. The molecule has 0 unspecified atom stereocenters. The standard InChI is InChI=1S/C15H15NO2/c1-11-7-6-10-13(14(11)17)15(18)16(2)12-8-4-3-5-9-12/h3-10,17H,1-2H3. The maximum absolute atomic E-state index is 12.3. The number of hydrogen-bond donors (Lipinski definition) is 1. The van der Waals surface area contributed by atoms with E-state index in [4.69, 9.17) is 0 Å². The van der Waals surface area contributed by atoms with Crippen molar-refractivity contribution in [3.63, 3.8) is 0 Å². The van der Waals surface area contributed by atoms with Crippen molar-refractivity contribution in [3.05, 3.63) is 59.7 Å². The van der Waals surface area contributed by atoms with Crippen molar-refractivity contribution >= 4 is 11.6 Å². The first-order chi connectivity index (χ1) is 8.61. The minimum absolute atomic E-state index is 0.0466. The van der Waals surface area contributed by atoms with Gasteiger partial charge in [-0.05, 0) is 30.7 Å². The second-order valence-electron chi connectivity index (χ2n) is 4.17. The molecule has 0 saturated heterocycles. The van der Waals surface area contributed by atoms with Gasteiger partial charge in [0.15, 0.2) is 0 Å². The van der Waals surface area contributed by atoms with Crippen LogP contribution in [-0.4, -0.2) is 18.1 Å². The minimum Gasteiger partial charge on any atom is -0.507 e. The van der Waals surface area contributed by atoms with Crippen molar-refractivity contribution in [2.75, 3.05) is 11.9 Å². The molecular formula is C15H15NO2. The van der Waals surface area contributed by atoms with Gasteiger partial charge in [0, 0.05) is 12.7 Å². The number of anilines is 1. The summed E-state index contributed by atoms with van der Waals surface area (Å²) in [7, 11) is 1.69. The molecule has 2 aromatic carbocycles. The van der Waals surface area contributed by atoms with Crippen LogP contribution in [-0.2, 0) is 0 Å². The fraction of sp³-hybridized carbons (Fsp3) is 0.133. The zero-order chi connectivity index (χ0) is 13.1. The van der Waals surface area contributed by atoms with Crippen molar-refractivity contribution in [1.29, 1.82) is 0 Å². The average Bonchev–Trinajstić information content (AvgIpc) is 2.41. The number of benzene rings is 2. The van der Waals surface area contributed by atoms with E-state index in [1.54, 1.807) is 32.2 Å². The van der Waals surface area contributed by atoms with E-state index in [0.717, 1.165) is 5.69 Å². The first-order valence-corrected chi connectivity index (χ1v) is 5.73. The zero-order valence-electron chi connectivity index (χ0n) is 10.4. The molecule has 2 aromatic rings. The molecule has 92 valence electrons. The van der Waals surface area contributed by atoms with Crippen molar-refractivity contribution in [2.45, 2.75) is 6.92 Å². The van der Waals surface area contributed by atoms with Gasteiger partial charge in [0.25, 0.3) is 5.91 Å². The first-order valence-electron chi connectivity index (χ1n) is 5.73. The molecule has 3 nitrogen and oxygen atoms in total. The van der Waals surface area contributed by atoms with Crippen LogP contribution >= 0.6 is 0 Å². The topological polar surface area (TPSA) is 40.5 Å². The van der Waals surface area contributed by atoms with E-state index in [1.807, 2.05) is 30.3 Å². The lowest BCUT2D eigenvalue weighted by Gasteiger charge is -2.18. The van der Waals surface area contributed by atoms with E-state index >= 15 is 0 Å². The molecular weight excluding hydrogens is 226 g/mol. The summed E-state index contributed by atoms with van der Waals surface area (Å²) in [6, 6.07) is 14.5. The molecule has 0 fully saturated rings. The second-order valence-corrected chi connectivity index (χ2v) is 4.17. The Morgan fingerprint density at radius 1 is 1.06 bits per heavy atom. The third-order valence-corrected chi connectivity index (χ3v) is 2.92. The Labute approximate surface area is 106 Å². The van der Waals surface area contributed by atoms with Gasteiger partial charge in [-0.15, -0.1) is 0 Å². The SMILES string of the molecule is Cc1cccc(C(=O)N(C)c2ccccc2)c1O. The molecule has 0 aromatic heterocycles. The highest BCUT2D eigenvalue weighted by Crippen LogP contribution is 2.24. The number of para-hydroxylation sites is 2. The molecule has 0 heterocycles. The summed E-state index contributed by atoms with van der Waals surface area (Å²) in [5.41, 5.74) is 1.81. The van der Waals surface area contributed by atoms with Crippen LogP contribution in [0.4, 0.5) is 5.69 Å². The number of nitrogens with zero attached hydrogens (tertiary/aromatic N) is 1. The van der Waals surface area contributed by atoms with E-state index in [1.165, 1.54) is 4.90 Å². The molecule has 0 spiro atoms. The predicted molar refractivity (Wildman–Crippen MR) is 72.0 cm³/mol. The largest absolute Gasteiger partial charge is 0.507 e. The number of amides is 1. The maximum Gasteiger partial charge on any atom is 0.261 e. The van der Waals surface area contributed by atoms with Gasteiger partial charge < -0.3 is 10.0 Å². The van der Waals surface area contributed by atoms with Crippen LogP contribution in [0.1, 0.15) is 15.9 Å². The molecule has 0 radical (unpaired) electrons. The molecule has 1 N–H and O–H groups in total. The Kier molecular flexibility index (Phi) is 3.33. The number of carbonyl (C=O) groups excluding carboxylic acids is 1. The molecule has 18 heavy (non-hydrogen) atoms. The lowest BCUT2D eigenvalue weighted by atomic mass is 10.1. The Balaban J connectivity index is 2.35. The van der Waals surface area contributed by atoms with Crippen LogP contribution in [0.5, 0.6) is 5.75 Å². The Bertz CT molecular complexity index is 564. The van der Waals surface area contributed by atoms with Gasteiger partial charge in [-0.1, -0.05) is 30.3 Å². The minimum atomic E-state index is -0.220. The number of aromatic hydroxyl groups is 1. The number of rotatable bonds is 2. The van der Waals surface area contributed by atoms with Crippen LogP contribution in [0.3, 0.4) is 0 Å². The van der Waals surface area contributed by atoms with Gasteiger partial charge in [0.05, 0.1) is 5.56 Å². The summed E-state index contributed by atoms with van der Waals surface area (Å²) < 4.78 is 0. The third kappa shape index (κ3) is 2.20. The smallest absolute Gasteiger partial charge is 0.261 e. The van der Waals surface area contributed by atoms with Crippen LogP contribution in [0, 0.1) is 6.92 Å². The van der Waals surface area contributed by atoms with E-state index in [0.29, 0.717) is 11.1 Å². The monoisotopic (exact) mass is 241 g/mol. The van der Waals surface area contributed by atoms with E-state index in [2.05, 4.69) is 0 Å². The summed E-state index contributed by atoms with van der Waals surface area (Å²) in [6.07, 6.45) is 0. The predicted octanol–water partition coefficient (Wildman–Crippen LogP) is 2.98. The van der Waals surface area contributed by atoms with Crippen molar-refractivity contribution < 1.29 is 9.90 Å². The van der Waals surface area contributed by atoms with Gasteiger partial charge in [-0.3, -0.25) is 4.79 Å². The van der Waals surface area contributed by atoms with E-state index in [9.17, 15) is 9.90 Å². The third-order valence-electron chi connectivity index (χ3n) is 2.92. The van der Waals surface area contributed by atoms with Gasteiger partial charge in [0.2, 0.25) is 0 Å². The molecule has 3 heteroatoms. The lowest BCUT2D eigenvalue weighted by Crippen LogP contribution is -2.26. The van der Waals surface area contributed by atoms with Crippen LogP contribution in [0.25, 0.3) is 0 Å². The summed E-state index contributed by atoms with van der Waals surface area (Å²) in [5, 5.41) is 9.92. The fourth-order valence-electron chi connectivity index (χ4n) is 1.78. The quantitative estimate of drug-likeness (QED) is 0.878. The zero-order valence-corrected chi connectivity index (χ0v) is 10.4. The number of phenolic OH excluding ortho intramolecular Hbond substituents is 1. The molecule has 1 amide bonds. The molecule has 0 aliphatic heterocycles. The highest BCUT2D eigenvalue weighted by Gasteiger charge is 2.17. The number of aryl methyl sites for hydroxylation is 1. The molecule has 0 bridgehead atoms. The summed E-state index contributed by atoms with van der Waals surface area (Å²) in [4.78, 5) is 13.8. The van der Waals surface area contributed by atoms with Crippen molar-refractivity contribution in [2.24, 2.45) is 0 Å². The Morgan fingerprint density at radius 3 is 2.39 bits per heavy atom. The van der Waals surface area contributed by atoms with Crippen LogP contribution in [0.15, 0.2) is 48.5 Å². The molecule has 0 aliphatic rings. The first kappa shape index (κ1) is 12.2.